The molecular weight excluding hydrogens is 442 g/mol. The van der Waals surface area contributed by atoms with Gasteiger partial charge in [-0.05, 0) is 28.4 Å². The number of rotatable bonds is 9. The summed E-state index contributed by atoms with van der Waals surface area (Å²) in [6, 6.07) is 22.6. The second kappa shape index (κ2) is 10.6. The number of hydrogen-bond donors (Lipinski definition) is 1. The van der Waals surface area contributed by atoms with E-state index >= 15 is 0 Å². The second-order valence-electron chi connectivity index (χ2n) is 9.44. The molecule has 0 aliphatic rings. The molecule has 0 aromatic heterocycles. The third-order valence-electron chi connectivity index (χ3n) is 6.39. The maximum Gasteiger partial charge on any atom is 0.261 e. The first-order valence-corrected chi connectivity index (χ1v) is 13.4. The highest BCUT2D eigenvalue weighted by atomic mass is 28.4. The highest BCUT2D eigenvalue weighted by Gasteiger charge is 2.50. The first kappa shape index (κ1) is 25.8. The zero-order valence-corrected chi connectivity index (χ0v) is 22.3. The van der Waals surface area contributed by atoms with Gasteiger partial charge in [0.1, 0.15) is 5.75 Å². The molecule has 1 unspecified atom stereocenters. The third-order valence-corrected chi connectivity index (χ3v) is 11.4. The standard InChI is InChI=1S/C28H37NO4Si/c1-20-25(30-5)18-23(27(32-7)26(20)31-6)24(29)19-33-34(28(2,3)4,21-14-10-8-11-15-21)22-16-12-9-13-17-22/h8-18,24H,19,29H2,1-7H3. The summed E-state index contributed by atoms with van der Waals surface area (Å²) in [6.07, 6.45) is 0. The fourth-order valence-electron chi connectivity index (χ4n) is 4.74. The molecule has 0 heterocycles. The molecule has 3 aromatic rings. The minimum absolute atomic E-state index is 0.137. The van der Waals surface area contributed by atoms with Gasteiger partial charge in [0.15, 0.2) is 11.5 Å². The van der Waals surface area contributed by atoms with Crippen molar-refractivity contribution in [2.75, 3.05) is 27.9 Å². The number of hydrogen-bond acceptors (Lipinski definition) is 5. The SMILES string of the molecule is COc1cc(C(N)CO[Si](c2ccccc2)(c2ccccc2)C(C)(C)C)c(OC)c(OC)c1C. The molecule has 0 spiro atoms. The highest BCUT2D eigenvalue weighted by molar-refractivity contribution is 6.99. The lowest BCUT2D eigenvalue weighted by Crippen LogP contribution is -2.67. The van der Waals surface area contributed by atoms with E-state index in [9.17, 15) is 0 Å². The summed E-state index contributed by atoms with van der Waals surface area (Å²) in [5, 5.41) is 2.29. The van der Waals surface area contributed by atoms with E-state index in [0.29, 0.717) is 23.9 Å². The Morgan fingerprint density at radius 3 is 1.71 bits per heavy atom. The molecule has 0 aliphatic heterocycles. The largest absolute Gasteiger partial charge is 0.496 e. The van der Waals surface area contributed by atoms with Crippen LogP contribution in [-0.2, 0) is 4.43 Å². The Kier molecular flexibility index (Phi) is 8.07. The molecule has 34 heavy (non-hydrogen) atoms. The van der Waals surface area contributed by atoms with E-state index < -0.39 is 14.4 Å². The van der Waals surface area contributed by atoms with Crippen molar-refractivity contribution in [2.45, 2.75) is 38.8 Å². The molecular formula is C28H37NO4Si. The zero-order chi connectivity index (χ0) is 24.9. The van der Waals surface area contributed by atoms with Gasteiger partial charge in [0, 0.05) is 11.1 Å². The first-order valence-electron chi connectivity index (χ1n) is 11.5. The molecule has 0 saturated carbocycles. The van der Waals surface area contributed by atoms with Crippen LogP contribution in [0.25, 0.3) is 0 Å². The van der Waals surface area contributed by atoms with Crippen molar-refractivity contribution in [3.63, 3.8) is 0 Å². The van der Waals surface area contributed by atoms with Crippen LogP contribution in [-0.4, -0.2) is 36.3 Å². The normalized spacial score (nSPS) is 12.8. The Hall–Kier alpha value is -2.80. The van der Waals surface area contributed by atoms with Gasteiger partial charge in [-0.3, -0.25) is 0 Å². The molecule has 0 radical (unpaired) electrons. The molecule has 2 N–H and O–H groups in total. The maximum absolute atomic E-state index is 7.04. The molecule has 0 bridgehead atoms. The average molecular weight is 480 g/mol. The number of ether oxygens (including phenoxy) is 3. The van der Waals surface area contributed by atoms with Crippen LogP contribution in [0.15, 0.2) is 66.7 Å². The van der Waals surface area contributed by atoms with Crippen LogP contribution in [0, 0.1) is 6.92 Å². The van der Waals surface area contributed by atoms with Crippen LogP contribution in [0.5, 0.6) is 17.2 Å². The molecule has 0 saturated heterocycles. The lowest BCUT2D eigenvalue weighted by atomic mass is 10.0. The third kappa shape index (κ3) is 4.71. The van der Waals surface area contributed by atoms with Gasteiger partial charge >= 0.3 is 0 Å². The van der Waals surface area contributed by atoms with Crippen molar-refractivity contribution in [3.05, 3.63) is 77.9 Å². The Morgan fingerprint density at radius 2 is 1.29 bits per heavy atom. The summed E-state index contributed by atoms with van der Waals surface area (Å²) >= 11 is 0. The molecule has 5 nitrogen and oxygen atoms in total. The molecule has 0 amide bonds. The Balaban J connectivity index is 2.10. The van der Waals surface area contributed by atoms with E-state index in [1.165, 1.54) is 10.4 Å². The quantitative estimate of drug-likeness (QED) is 0.455. The monoisotopic (exact) mass is 479 g/mol. The van der Waals surface area contributed by atoms with Crippen molar-refractivity contribution in [1.82, 2.24) is 0 Å². The van der Waals surface area contributed by atoms with Gasteiger partial charge in [0.05, 0.1) is 34.0 Å². The minimum Gasteiger partial charge on any atom is -0.496 e. The van der Waals surface area contributed by atoms with Crippen molar-refractivity contribution >= 4 is 18.7 Å². The van der Waals surface area contributed by atoms with E-state index in [2.05, 4.69) is 69.3 Å². The Morgan fingerprint density at radius 1 is 0.794 bits per heavy atom. The second-order valence-corrected chi connectivity index (χ2v) is 13.7. The van der Waals surface area contributed by atoms with E-state index in [4.69, 9.17) is 24.4 Å². The van der Waals surface area contributed by atoms with E-state index in [0.717, 1.165) is 11.1 Å². The van der Waals surface area contributed by atoms with Crippen molar-refractivity contribution in [3.8, 4) is 17.2 Å². The topological polar surface area (TPSA) is 62.9 Å². The van der Waals surface area contributed by atoms with Crippen LogP contribution < -0.4 is 30.3 Å². The van der Waals surface area contributed by atoms with Crippen LogP contribution in [0.2, 0.25) is 5.04 Å². The fourth-order valence-corrected chi connectivity index (χ4v) is 9.32. The number of methoxy groups -OCH3 is 3. The van der Waals surface area contributed by atoms with E-state index in [-0.39, 0.29) is 5.04 Å². The number of nitrogens with two attached hydrogens (primary N) is 1. The molecule has 6 heteroatoms. The van der Waals surface area contributed by atoms with Crippen molar-refractivity contribution in [2.24, 2.45) is 5.73 Å². The van der Waals surface area contributed by atoms with Crippen LogP contribution in [0.1, 0.15) is 37.9 Å². The summed E-state index contributed by atoms with van der Waals surface area (Å²) in [6.45, 7) is 9.02. The molecule has 0 aliphatic carbocycles. The van der Waals surface area contributed by atoms with Gasteiger partial charge in [-0.25, -0.2) is 0 Å². The summed E-state index contributed by atoms with van der Waals surface area (Å²) in [5.41, 5.74) is 8.44. The molecule has 1 atom stereocenters. The summed E-state index contributed by atoms with van der Waals surface area (Å²) in [7, 11) is 2.18. The predicted octanol–water partition coefficient (Wildman–Crippen LogP) is 4.60. The average Bonchev–Trinajstić information content (AvgIpc) is 2.84. The smallest absolute Gasteiger partial charge is 0.261 e. The lowest BCUT2D eigenvalue weighted by molar-refractivity contribution is 0.267. The summed E-state index contributed by atoms with van der Waals surface area (Å²) in [5.74, 6) is 1.94. The predicted molar refractivity (Wildman–Crippen MR) is 141 cm³/mol. The summed E-state index contributed by atoms with van der Waals surface area (Å²) in [4.78, 5) is 0. The molecule has 3 rings (SSSR count). The van der Waals surface area contributed by atoms with E-state index in [1.807, 2.05) is 25.1 Å². The Labute approximate surface area is 204 Å². The zero-order valence-electron chi connectivity index (χ0n) is 21.3. The lowest BCUT2D eigenvalue weighted by Gasteiger charge is -2.43. The molecule has 3 aromatic carbocycles. The van der Waals surface area contributed by atoms with Gasteiger partial charge in [-0.15, -0.1) is 0 Å². The Bertz CT molecular complexity index is 1040. The summed E-state index contributed by atoms with van der Waals surface area (Å²) < 4.78 is 24.0. The van der Waals surface area contributed by atoms with Gasteiger partial charge in [-0.2, -0.15) is 0 Å². The van der Waals surface area contributed by atoms with Crippen LogP contribution in [0.4, 0.5) is 0 Å². The van der Waals surface area contributed by atoms with Crippen LogP contribution >= 0.6 is 0 Å². The highest BCUT2D eigenvalue weighted by Crippen LogP contribution is 2.43. The first-order chi connectivity index (χ1) is 16.2. The van der Waals surface area contributed by atoms with Gasteiger partial charge in [0.25, 0.3) is 8.32 Å². The van der Waals surface area contributed by atoms with Crippen molar-refractivity contribution < 1.29 is 18.6 Å². The van der Waals surface area contributed by atoms with Gasteiger partial charge < -0.3 is 24.4 Å². The minimum atomic E-state index is -2.71. The van der Waals surface area contributed by atoms with Crippen molar-refractivity contribution in [1.29, 1.82) is 0 Å². The van der Waals surface area contributed by atoms with Gasteiger partial charge in [-0.1, -0.05) is 81.4 Å². The fraction of sp³-hybridized carbons (Fsp3) is 0.357. The molecule has 182 valence electrons. The van der Waals surface area contributed by atoms with E-state index in [1.54, 1.807) is 21.3 Å². The molecule has 0 fully saturated rings. The van der Waals surface area contributed by atoms with Crippen LogP contribution in [0.3, 0.4) is 0 Å². The number of benzene rings is 3. The van der Waals surface area contributed by atoms with Gasteiger partial charge in [0.2, 0.25) is 0 Å². The maximum atomic E-state index is 7.04.